The summed E-state index contributed by atoms with van der Waals surface area (Å²) in [6.45, 7) is 13.0. The Balaban J connectivity index is 2.54. The standard InChI is InChI=1S/C16H32N4O3/c1-16(2,3)23-15(22)14-20-9-7-18-5-4-17-6-8-19(10-11-20)12-13-21/h13,17-18H,4-12,14H2,1-3H3. The van der Waals surface area contributed by atoms with Crippen LogP contribution in [0, 0.1) is 0 Å². The van der Waals surface area contributed by atoms with Crippen molar-refractivity contribution in [1.82, 2.24) is 20.4 Å². The van der Waals surface area contributed by atoms with Crippen molar-refractivity contribution in [2.24, 2.45) is 0 Å². The molecule has 0 aromatic heterocycles. The summed E-state index contributed by atoms with van der Waals surface area (Å²) in [6.07, 6.45) is 0.936. The Hall–Kier alpha value is -1.02. The molecule has 1 aliphatic rings. The molecule has 0 atom stereocenters. The fraction of sp³-hybridized carbons (Fsp3) is 0.875. The molecule has 134 valence electrons. The fourth-order valence-corrected chi connectivity index (χ4v) is 2.41. The summed E-state index contributed by atoms with van der Waals surface area (Å²) in [4.78, 5) is 27.0. The van der Waals surface area contributed by atoms with Crippen LogP contribution in [0.4, 0.5) is 0 Å². The van der Waals surface area contributed by atoms with E-state index in [9.17, 15) is 9.59 Å². The molecule has 7 nitrogen and oxygen atoms in total. The average Bonchev–Trinajstić information content (AvgIpc) is 2.42. The van der Waals surface area contributed by atoms with Crippen LogP contribution in [-0.2, 0) is 14.3 Å². The highest BCUT2D eigenvalue weighted by Gasteiger charge is 2.19. The van der Waals surface area contributed by atoms with E-state index in [0.717, 1.165) is 58.6 Å². The van der Waals surface area contributed by atoms with Gasteiger partial charge in [-0.25, -0.2) is 0 Å². The summed E-state index contributed by atoms with van der Waals surface area (Å²) >= 11 is 0. The van der Waals surface area contributed by atoms with Crippen LogP contribution in [0.3, 0.4) is 0 Å². The highest BCUT2D eigenvalue weighted by Crippen LogP contribution is 2.07. The molecule has 0 saturated carbocycles. The molecule has 0 bridgehead atoms. The number of nitrogens with one attached hydrogen (secondary N) is 2. The van der Waals surface area contributed by atoms with Gasteiger partial charge in [-0.2, -0.15) is 0 Å². The molecule has 0 amide bonds. The van der Waals surface area contributed by atoms with Gasteiger partial charge in [-0.1, -0.05) is 0 Å². The molecule has 0 aromatic rings. The molecule has 0 aliphatic carbocycles. The van der Waals surface area contributed by atoms with Gasteiger partial charge < -0.3 is 20.2 Å². The molecule has 23 heavy (non-hydrogen) atoms. The monoisotopic (exact) mass is 328 g/mol. The topological polar surface area (TPSA) is 73.9 Å². The second kappa shape index (κ2) is 10.7. The Labute approximate surface area is 139 Å². The predicted octanol–water partition coefficient (Wildman–Crippen LogP) is -0.676. The van der Waals surface area contributed by atoms with Crippen molar-refractivity contribution in [3.8, 4) is 0 Å². The third-order valence-electron chi connectivity index (χ3n) is 3.53. The van der Waals surface area contributed by atoms with Crippen molar-refractivity contribution in [3.63, 3.8) is 0 Å². The summed E-state index contributed by atoms with van der Waals surface area (Å²) in [5.74, 6) is -0.201. The molecule has 7 heteroatoms. The molecular formula is C16H32N4O3. The number of carbonyl (C=O) groups is 2. The van der Waals surface area contributed by atoms with Crippen LogP contribution in [0.2, 0.25) is 0 Å². The van der Waals surface area contributed by atoms with Gasteiger partial charge in [-0.05, 0) is 20.8 Å². The SMILES string of the molecule is CC(C)(C)OC(=O)CN1CCNCCNCCN(CC=O)CC1. The molecule has 1 saturated heterocycles. The molecular weight excluding hydrogens is 296 g/mol. The number of esters is 1. The zero-order valence-electron chi connectivity index (χ0n) is 14.8. The summed E-state index contributed by atoms with van der Waals surface area (Å²) in [5.41, 5.74) is -0.461. The zero-order chi connectivity index (χ0) is 17.1. The Bertz CT molecular complexity index is 358. The average molecular weight is 328 g/mol. The molecule has 1 fully saturated rings. The largest absolute Gasteiger partial charge is 0.459 e. The van der Waals surface area contributed by atoms with Gasteiger partial charge in [0.25, 0.3) is 0 Å². The first-order valence-electron chi connectivity index (χ1n) is 8.42. The second-order valence-corrected chi connectivity index (χ2v) is 6.83. The first-order chi connectivity index (χ1) is 10.9. The van der Waals surface area contributed by atoms with Crippen LogP contribution in [-0.4, -0.2) is 93.1 Å². The molecule has 0 aromatic carbocycles. The van der Waals surface area contributed by atoms with Gasteiger partial charge in [0.2, 0.25) is 0 Å². The summed E-state index contributed by atoms with van der Waals surface area (Å²) < 4.78 is 5.41. The van der Waals surface area contributed by atoms with Crippen LogP contribution in [0.25, 0.3) is 0 Å². The highest BCUT2D eigenvalue weighted by atomic mass is 16.6. The Morgan fingerprint density at radius 2 is 1.57 bits per heavy atom. The lowest BCUT2D eigenvalue weighted by Gasteiger charge is -2.28. The molecule has 1 heterocycles. The van der Waals surface area contributed by atoms with Gasteiger partial charge in [0.1, 0.15) is 11.9 Å². The summed E-state index contributed by atoms with van der Waals surface area (Å²) in [7, 11) is 0. The number of nitrogens with zero attached hydrogens (tertiary/aromatic N) is 2. The van der Waals surface area contributed by atoms with Crippen molar-refractivity contribution >= 4 is 12.3 Å². The minimum atomic E-state index is -0.461. The fourth-order valence-electron chi connectivity index (χ4n) is 2.41. The molecule has 1 aliphatic heterocycles. The molecule has 1 rings (SSSR count). The van der Waals surface area contributed by atoms with E-state index in [0.29, 0.717) is 6.54 Å². The van der Waals surface area contributed by atoms with Gasteiger partial charge in [-0.15, -0.1) is 0 Å². The normalized spacial score (nSPS) is 20.3. The maximum atomic E-state index is 12.0. The van der Waals surface area contributed by atoms with E-state index in [2.05, 4.69) is 20.4 Å². The summed E-state index contributed by atoms with van der Waals surface area (Å²) in [6, 6.07) is 0. The highest BCUT2D eigenvalue weighted by molar-refractivity contribution is 5.72. The third-order valence-corrected chi connectivity index (χ3v) is 3.53. The van der Waals surface area contributed by atoms with Crippen molar-refractivity contribution in [2.45, 2.75) is 26.4 Å². The van der Waals surface area contributed by atoms with Crippen LogP contribution in [0.5, 0.6) is 0 Å². The smallest absolute Gasteiger partial charge is 0.320 e. The van der Waals surface area contributed by atoms with Gasteiger partial charge in [0.15, 0.2) is 0 Å². The van der Waals surface area contributed by atoms with Gasteiger partial charge >= 0.3 is 5.97 Å². The number of aldehydes is 1. The zero-order valence-corrected chi connectivity index (χ0v) is 14.8. The van der Waals surface area contributed by atoms with E-state index in [4.69, 9.17) is 4.74 Å². The quantitative estimate of drug-likeness (QED) is 0.523. The summed E-state index contributed by atoms with van der Waals surface area (Å²) in [5, 5.41) is 6.72. The van der Waals surface area contributed by atoms with E-state index < -0.39 is 5.60 Å². The number of rotatable bonds is 4. The van der Waals surface area contributed by atoms with Crippen LogP contribution in [0.1, 0.15) is 20.8 Å². The Kier molecular flexibility index (Phi) is 9.31. The van der Waals surface area contributed by atoms with E-state index >= 15 is 0 Å². The van der Waals surface area contributed by atoms with Crippen molar-refractivity contribution < 1.29 is 14.3 Å². The molecule has 0 radical (unpaired) electrons. The molecule has 0 spiro atoms. The maximum Gasteiger partial charge on any atom is 0.320 e. The number of hydrogen-bond acceptors (Lipinski definition) is 7. The van der Waals surface area contributed by atoms with Gasteiger partial charge in [-0.3, -0.25) is 14.6 Å². The minimum Gasteiger partial charge on any atom is -0.459 e. The van der Waals surface area contributed by atoms with Crippen molar-refractivity contribution in [2.75, 3.05) is 65.4 Å². The van der Waals surface area contributed by atoms with E-state index in [1.165, 1.54) is 0 Å². The lowest BCUT2D eigenvalue weighted by Crippen LogP contribution is -2.45. The first kappa shape index (κ1) is 20.0. The third kappa shape index (κ3) is 10.4. The molecule has 0 unspecified atom stereocenters. The number of hydrogen-bond donors (Lipinski definition) is 2. The maximum absolute atomic E-state index is 12.0. The second-order valence-electron chi connectivity index (χ2n) is 6.83. The van der Waals surface area contributed by atoms with Crippen molar-refractivity contribution in [1.29, 1.82) is 0 Å². The van der Waals surface area contributed by atoms with Crippen LogP contribution < -0.4 is 10.6 Å². The Morgan fingerprint density at radius 1 is 1.00 bits per heavy atom. The first-order valence-corrected chi connectivity index (χ1v) is 8.42. The number of carbonyl (C=O) groups excluding carboxylic acids is 2. The lowest BCUT2D eigenvalue weighted by molar-refractivity contribution is -0.156. The van der Waals surface area contributed by atoms with Crippen LogP contribution in [0.15, 0.2) is 0 Å². The Morgan fingerprint density at radius 3 is 2.13 bits per heavy atom. The molecule has 2 N–H and O–H groups in total. The lowest BCUT2D eigenvalue weighted by atomic mass is 10.2. The van der Waals surface area contributed by atoms with Crippen LogP contribution >= 0.6 is 0 Å². The number of ether oxygens (including phenoxy) is 1. The minimum absolute atomic E-state index is 0.201. The predicted molar refractivity (Wildman–Crippen MR) is 90.5 cm³/mol. The van der Waals surface area contributed by atoms with Crippen molar-refractivity contribution in [3.05, 3.63) is 0 Å². The van der Waals surface area contributed by atoms with E-state index in [1.807, 2.05) is 20.8 Å². The van der Waals surface area contributed by atoms with E-state index in [-0.39, 0.29) is 12.5 Å². The van der Waals surface area contributed by atoms with Gasteiger partial charge in [0, 0.05) is 52.4 Å². The van der Waals surface area contributed by atoms with Gasteiger partial charge in [0.05, 0.1) is 13.1 Å². The van der Waals surface area contributed by atoms with E-state index in [1.54, 1.807) is 0 Å².